The standard InChI is InChI=1S/C14H17N3O3S/c1-17(2)14-15-9-12(21(4,18)19)13(16-14)10-5-7-11(20-3)8-6-10/h5-9H,1-4H3. The largest absolute Gasteiger partial charge is 0.497 e. The van der Waals surface area contributed by atoms with Gasteiger partial charge in [0, 0.05) is 25.9 Å². The number of rotatable bonds is 4. The third kappa shape index (κ3) is 3.30. The maximum atomic E-state index is 11.9. The van der Waals surface area contributed by atoms with Crippen molar-refractivity contribution in [2.24, 2.45) is 0 Å². The van der Waals surface area contributed by atoms with Crippen molar-refractivity contribution < 1.29 is 13.2 Å². The fourth-order valence-corrected chi connectivity index (χ4v) is 2.56. The van der Waals surface area contributed by atoms with Crippen molar-refractivity contribution in [2.45, 2.75) is 4.90 Å². The molecule has 0 amide bonds. The van der Waals surface area contributed by atoms with Gasteiger partial charge in [-0.15, -0.1) is 0 Å². The van der Waals surface area contributed by atoms with Crippen LogP contribution in [0.3, 0.4) is 0 Å². The predicted octanol–water partition coefficient (Wildman–Crippen LogP) is 1.62. The minimum absolute atomic E-state index is 0.110. The smallest absolute Gasteiger partial charge is 0.225 e. The minimum atomic E-state index is -3.41. The van der Waals surface area contributed by atoms with Crippen molar-refractivity contribution in [2.75, 3.05) is 32.4 Å². The lowest BCUT2D eigenvalue weighted by Gasteiger charge is -2.14. The average molecular weight is 307 g/mol. The van der Waals surface area contributed by atoms with E-state index < -0.39 is 9.84 Å². The number of nitrogens with zero attached hydrogens (tertiary/aromatic N) is 3. The summed E-state index contributed by atoms with van der Waals surface area (Å²) in [7, 11) is 1.76. The van der Waals surface area contributed by atoms with Gasteiger partial charge < -0.3 is 9.64 Å². The van der Waals surface area contributed by atoms with Gasteiger partial charge in [0.15, 0.2) is 9.84 Å². The third-order valence-electron chi connectivity index (χ3n) is 2.91. The summed E-state index contributed by atoms with van der Waals surface area (Å²) in [5.74, 6) is 1.15. The number of hydrogen-bond acceptors (Lipinski definition) is 6. The molecule has 0 aliphatic rings. The van der Waals surface area contributed by atoms with E-state index in [0.29, 0.717) is 23.0 Å². The Bertz CT molecular complexity index is 741. The van der Waals surface area contributed by atoms with Crippen LogP contribution in [0.5, 0.6) is 5.75 Å². The summed E-state index contributed by atoms with van der Waals surface area (Å²) in [4.78, 5) is 10.3. The molecule has 112 valence electrons. The van der Waals surface area contributed by atoms with Gasteiger partial charge in [-0.25, -0.2) is 18.4 Å². The molecule has 21 heavy (non-hydrogen) atoms. The molecule has 2 aromatic rings. The highest BCUT2D eigenvalue weighted by atomic mass is 32.2. The zero-order chi connectivity index (χ0) is 15.6. The molecule has 0 spiro atoms. The summed E-state index contributed by atoms with van der Waals surface area (Å²) < 4.78 is 28.9. The average Bonchev–Trinajstić information content (AvgIpc) is 2.45. The van der Waals surface area contributed by atoms with E-state index in [2.05, 4.69) is 9.97 Å². The number of aromatic nitrogens is 2. The second kappa shape index (κ2) is 5.69. The quantitative estimate of drug-likeness (QED) is 0.854. The molecule has 1 heterocycles. The summed E-state index contributed by atoms with van der Waals surface area (Å²) in [6.07, 6.45) is 2.49. The number of hydrogen-bond donors (Lipinski definition) is 0. The van der Waals surface area contributed by atoms with Gasteiger partial charge in [0.05, 0.1) is 19.0 Å². The second-order valence-corrected chi connectivity index (χ2v) is 6.76. The summed E-state index contributed by atoms with van der Waals surface area (Å²) in [5, 5.41) is 0. The normalized spacial score (nSPS) is 11.2. The zero-order valence-electron chi connectivity index (χ0n) is 12.4. The topological polar surface area (TPSA) is 72.4 Å². The van der Waals surface area contributed by atoms with E-state index >= 15 is 0 Å². The first-order valence-electron chi connectivity index (χ1n) is 6.22. The van der Waals surface area contributed by atoms with Crippen LogP contribution in [0.2, 0.25) is 0 Å². The van der Waals surface area contributed by atoms with Crippen LogP contribution in [-0.2, 0) is 9.84 Å². The number of ether oxygens (including phenoxy) is 1. The first-order chi connectivity index (χ1) is 9.82. The minimum Gasteiger partial charge on any atom is -0.497 e. The summed E-state index contributed by atoms with van der Waals surface area (Å²) >= 11 is 0. The molecule has 0 aliphatic heterocycles. The zero-order valence-corrected chi connectivity index (χ0v) is 13.2. The lowest BCUT2D eigenvalue weighted by atomic mass is 10.1. The number of benzene rings is 1. The lowest BCUT2D eigenvalue weighted by Crippen LogP contribution is -2.14. The molecule has 0 saturated heterocycles. The molecule has 0 atom stereocenters. The van der Waals surface area contributed by atoms with Crippen LogP contribution in [-0.4, -0.2) is 45.8 Å². The fraction of sp³-hybridized carbons (Fsp3) is 0.286. The molecule has 6 nitrogen and oxygen atoms in total. The van der Waals surface area contributed by atoms with Gasteiger partial charge in [0.1, 0.15) is 10.6 Å². The first kappa shape index (κ1) is 15.2. The summed E-state index contributed by atoms with van der Waals surface area (Å²) in [6.45, 7) is 0. The van der Waals surface area contributed by atoms with Crippen molar-refractivity contribution in [3.63, 3.8) is 0 Å². The lowest BCUT2D eigenvalue weighted by molar-refractivity contribution is 0.415. The highest BCUT2D eigenvalue weighted by Crippen LogP contribution is 2.27. The molecule has 7 heteroatoms. The van der Waals surface area contributed by atoms with E-state index in [1.54, 1.807) is 50.4 Å². The van der Waals surface area contributed by atoms with Crippen molar-refractivity contribution in [3.8, 4) is 17.0 Å². The van der Waals surface area contributed by atoms with Gasteiger partial charge in [0.2, 0.25) is 5.95 Å². The maximum Gasteiger partial charge on any atom is 0.225 e. The van der Waals surface area contributed by atoms with Crippen LogP contribution in [0, 0.1) is 0 Å². The Kier molecular flexibility index (Phi) is 4.13. The molecule has 0 radical (unpaired) electrons. The number of anilines is 1. The van der Waals surface area contributed by atoms with E-state index in [0.717, 1.165) is 6.26 Å². The van der Waals surface area contributed by atoms with E-state index in [1.165, 1.54) is 6.20 Å². The Morgan fingerprint density at radius 1 is 1.14 bits per heavy atom. The molecule has 0 N–H and O–H groups in total. The SMILES string of the molecule is COc1ccc(-c2nc(N(C)C)ncc2S(C)(=O)=O)cc1. The van der Waals surface area contributed by atoms with Crippen molar-refractivity contribution in [1.29, 1.82) is 0 Å². The molecule has 0 saturated carbocycles. The molecule has 2 rings (SSSR count). The maximum absolute atomic E-state index is 11.9. The van der Waals surface area contributed by atoms with Gasteiger partial charge in [-0.3, -0.25) is 0 Å². The first-order valence-corrected chi connectivity index (χ1v) is 8.11. The number of sulfone groups is 1. The van der Waals surface area contributed by atoms with Crippen LogP contribution >= 0.6 is 0 Å². The second-order valence-electron chi connectivity index (χ2n) is 4.78. The summed E-state index contributed by atoms with van der Waals surface area (Å²) in [5.41, 5.74) is 1.08. The molecule has 0 aliphatic carbocycles. The number of methoxy groups -OCH3 is 1. The third-order valence-corrected chi connectivity index (χ3v) is 4.00. The van der Waals surface area contributed by atoms with Gasteiger partial charge in [0.25, 0.3) is 0 Å². The summed E-state index contributed by atoms with van der Waals surface area (Å²) in [6, 6.07) is 7.07. The van der Waals surface area contributed by atoms with Crippen LogP contribution in [0.25, 0.3) is 11.3 Å². The Morgan fingerprint density at radius 3 is 2.24 bits per heavy atom. The van der Waals surface area contributed by atoms with Crippen molar-refractivity contribution >= 4 is 15.8 Å². The molecule has 1 aromatic carbocycles. The molecule has 0 bridgehead atoms. The van der Waals surface area contributed by atoms with E-state index in [-0.39, 0.29) is 4.90 Å². The van der Waals surface area contributed by atoms with Crippen LogP contribution in [0.15, 0.2) is 35.4 Å². The molecular formula is C14H17N3O3S. The molecular weight excluding hydrogens is 290 g/mol. The molecule has 0 unspecified atom stereocenters. The highest BCUT2D eigenvalue weighted by molar-refractivity contribution is 7.90. The monoisotopic (exact) mass is 307 g/mol. The highest BCUT2D eigenvalue weighted by Gasteiger charge is 2.18. The van der Waals surface area contributed by atoms with Gasteiger partial charge >= 0.3 is 0 Å². The van der Waals surface area contributed by atoms with Gasteiger partial charge in [-0.1, -0.05) is 0 Å². The Hall–Kier alpha value is -2.15. The Morgan fingerprint density at radius 2 is 1.76 bits per heavy atom. The van der Waals surface area contributed by atoms with Gasteiger partial charge in [-0.2, -0.15) is 0 Å². The predicted molar refractivity (Wildman–Crippen MR) is 81.5 cm³/mol. The Balaban J connectivity index is 2.65. The molecule has 0 fully saturated rings. The van der Waals surface area contributed by atoms with Crippen molar-refractivity contribution in [1.82, 2.24) is 9.97 Å². The molecule has 1 aromatic heterocycles. The van der Waals surface area contributed by atoms with E-state index in [4.69, 9.17) is 4.74 Å². The van der Waals surface area contributed by atoms with E-state index in [9.17, 15) is 8.42 Å². The van der Waals surface area contributed by atoms with Gasteiger partial charge in [-0.05, 0) is 24.3 Å². The Labute approximate surface area is 124 Å². The van der Waals surface area contributed by atoms with Crippen LogP contribution in [0.1, 0.15) is 0 Å². The van der Waals surface area contributed by atoms with E-state index in [1.807, 2.05) is 0 Å². The van der Waals surface area contributed by atoms with Crippen LogP contribution in [0.4, 0.5) is 5.95 Å². The fourth-order valence-electron chi connectivity index (χ4n) is 1.80. The van der Waals surface area contributed by atoms with Crippen LogP contribution < -0.4 is 9.64 Å². The van der Waals surface area contributed by atoms with Crippen molar-refractivity contribution in [3.05, 3.63) is 30.5 Å².